The molecule has 0 spiro atoms. The summed E-state index contributed by atoms with van der Waals surface area (Å²) >= 11 is 0. The van der Waals surface area contributed by atoms with E-state index in [2.05, 4.69) is 37.0 Å². The summed E-state index contributed by atoms with van der Waals surface area (Å²) in [4.78, 5) is 2.23. The molecule has 126 valence electrons. The third-order valence-corrected chi connectivity index (χ3v) is 4.10. The first-order valence-corrected chi connectivity index (χ1v) is 8.03. The lowest BCUT2D eigenvalue weighted by molar-refractivity contribution is 0.231. The summed E-state index contributed by atoms with van der Waals surface area (Å²) < 4.78 is 7.73. The zero-order chi connectivity index (χ0) is 16.8. The molecule has 0 atom stereocenters. The van der Waals surface area contributed by atoms with Crippen molar-refractivity contribution in [1.82, 2.24) is 14.7 Å². The Labute approximate surface area is 138 Å². The number of benzene rings is 1. The molecule has 0 unspecified atom stereocenters. The summed E-state index contributed by atoms with van der Waals surface area (Å²) in [5, 5.41) is 13.6. The van der Waals surface area contributed by atoms with Crippen LogP contribution in [-0.4, -0.2) is 46.6 Å². The lowest BCUT2D eigenvalue weighted by Crippen LogP contribution is -2.24. The predicted octanol–water partition coefficient (Wildman–Crippen LogP) is 2.31. The maximum absolute atomic E-state index is 9.09. The minimum atomic E-state index is 0.113. The van der Waals surface area contributed by atoms with Gasteiger partial charge < -0.3 is 9.84 Å². The van der Waals surface area contributed by atoms with Crippen molar-refractivity contribution in [1.29, 1.82) is 0 Å². The van der Waals surface area contributed by atoms with Crippen LogP contribution < -0.4 is 4.74 Å². The molecular formula is C18H27N3O2. The summed E-state index contributed by atoms with van der Waals surface area (Å²) in [6, 6.07) is 8.07. The Morgan fingerprint density at radius 3 is 2.65 bits per heavy atom. The summed E-state index contributed by atoms with van der Waals surface area (Å²) in [6.07, 6.45) is 0. The van der Waals surface area contributed by atoms with Gasteiger partial charge in [0.1, 0.15) is 12.4 Å². The molecule has 0 amide bonds. The number of aliphatic hydroxyl groups is 1. The van der Waals surface area contributed by atoms with Crippen molar-refractivity contribution in [2.45, 2.75) is 33.9 Å². The molecule has 0 aliphatic carbocycles. The SMILES string of the molecule is Cc1ccccc1OCCN(C)Cc1c(C)nn(CCO)c1C. The summed E-state index contributed by atoms with van der Waals surface area (Å²) in [5.41, 5.74) is 4.55. The summed E-state index contributed by atoms with van der Waals surface area (Å²) in [5.74, 6) is 0.948. The second-order valence-corrected chi connectivity index (χ2v) is 5.95. The number of nitrogens with zero attached hydrogens (tertiary/aromatic N) is 3. The Hall–Kier alpha value is -1.85. The second-order valence-electron chi connectivity index (χ2n) is 5.95. The van der Waals surface area contributed by atoms with E-state index in [1.807, 2.05) is 29.8 Å². The third kappa shape index (κ3) is 4.56. The largest absolute Gasteiger partial charge is 0.492 e. The molecule has 2 rings (SSSR count). The van der Waals surface area contributed by atoms with E-state index < -0.39 is 0 Å². The molecule has 0 aliphatic heterocycles. The average molecular weight is 317 g/mol. The van der Waals surface area contributed by atoms with Crippen molar-refractivity contribution in [2.75, 3.05) is 26.8 Å². The fourth-order valence-corrected chi connectivity index (χ4v) is 2.65. The van der Waals surface area contributed by atoms with Crippen LogP contribution in [0.2, 0.25) is 0 Å². The van der Waals surface area contributed by atoms with Gasteiger partial charge in [-0.15, -0.1) is 0 Å². The third-order valence-electron chi connectivity index (χ3n) is 4.10. The van der Waals surface area contributed by atoms with Crippen molar-refractivity contribution >= 4 is 0 Å². The number of hydrogen-bond acceptors (Lipinski definition) is 4. The molecule has 1 aromatic carbocycles. The molecule has 2 aromatic rings. The van der Waals surface area contributed by atoms with Gasteiger partial charge in [-0.05, 0) is 39.4 Å². The molecule has 1 heterocycles. The van der Waals surface area contributed by atoms with E-state index in [4.69, 9.17) is 9.84 Å². The number of rotatable bonds is 8. The van der Waals surface area contributed by atoms with Gasteiger partial charge in [0.15, 0.2) is 0 Å². The molecule has 23 heavy (non-hydrogen) atoms. The zero-order valence-electron chi connectivity index (χ0n) is 14.5. The fourth-order valence-electron chi connectivity index (χ4n) is 2.65. The number of aliphatic hydroxyl groups excluding tert-OH is 1. The van der Waals surface area contributed by atoms with E-state index in [0.29, 0.717) is 13.2 Å². The first-order chi connectivity index (χ1) is 11.0. The standard InChI is InChI=1S/C18H27N3O2/c1-14-7-5-6-8-18(14)23-12-10-20(4)13-17-15(2)19-21(9-11-22)16(17)3/h5-8,22H,9-13H2,1-4H3. The van der Waals surface area contributed by atoms with Crippen LogP contribution in [0.5, 0.6) is 5.75 Å². The van der Waals surface area contributed by atoms with Crippen molar-refractivity contribution < 1.29 is 9.84 Å². The van der Waals surface area contributed by atoms with E-state index in [-0.39, 0.29) is 6.61 Å². The maximum Gasteiger partial charge on any atom is 0.122 e. The maximum atomic E-state index is 9.09. The lowest BCUT2D eigenvalue weighted by atomic mass is 10.2. The minimum absolute atomic E-state index is 0.113. The monoisotopic (exact) mass is 317 g/mol. The Bertz CT molecular complexity index is 637. The molecule has 5 nitrogen and oxygen atoms in total. The van der Waals surface area contributed by atoms with Crippen LogP contribution in [0.4, 0.5) is 0 Å². The number of aromatic nitrogens is 2. The molecule has 0 radical (unpaired) electrons. The van der Waals surface area contributed by atoms with E-state index >= 15 is 0 Å². The topological polar surface area (TPSA) is 50.5 Å². The minimum Gasteiger partial charge on any atom is -0.492 e. The Balaban J connectivity index is 1.88. The van der Waals surface area contributed by atoms with Crippen LogP contribution in [0.25, 0.3) is 0 Å². The van der Waals surface area contributed by atoms with Crippen LogP contribution in [0.3, 0.4) is 0 Å². The highest BCUT2D eigenvalue weighted by Gasteiger charge is 2.13. The van der Waals surface area contributed by atoms with Gasteiger partial charge in [-0.1, -0.05) is 18.2 Å². The van der Waals surface area contributed by atoms with E-state index in [1.54, 1.807) is 0 Å². The number of likely N-dealkylation sites (N-methyl/N-ethyl adjacent to an activating group) is 1. The van der Waals surface area contributed by atoms with Crippen LogP contribution >= 0.6 is 0 Å². The highest BCUT2D eigenvalue weighted by atomic mass is 16.5. The molecule has 5 heteroatoms. The zero-order valence-corrected chi connectivity index (χ0v) is 14.5. The van der Waals surface area contributed by atoms with Gasteiger partial charge in [0.25, 0.3) is 0 Å². The molecule has 1 aromatic heterocycles. The summed E-state index contributed by atoms with van der Waals surface area (Å²) in [7, 11) is 2.09. The molecular weight excluding hydrogens is 290 g/mol. The van der Waals surface area contributed by atoms with Gasteiger partial charge in [-0.2, -0.15) is 5.10 Å². The van der Waals surface area contributed by atoms with Gasteiger partial charge in [0, 0.05) is 24.3 Å². The second kappa shape index (κ2) is 8.13. The smallest absolute Gasteiger partial charge is 0.122 e. The molecule has 0 saturated heterocycles. The summed E-state index contributed by atoms with van der Waals surface area (Å²) in [6.45, 7) is 9.13. The highest BCUT2D eigenvalue weighted by molar-refractivity contribution is 5.31. The normalized spacial score (nSPS) is 11.2. The van der Waals surface area contributed by atoms with E-state index in [9.17, 15) is 0 Å². The van der Waals surface area contributed by atoms with Gasteiger partial charge in [-0.25, -0.2) is 0 Å². The van der Waals surface area contributed by atoms with Gasteiger partial charge in [-0.3, -0.25) is 9.58 Å². The average Bonchev–Trinajstić information content (AvgIpc) is 2.77. The molecule has 0 saturated carbocycles. The lowest BCUT2D eigenvalue weighted by Gasteiger charge is -2.18. The predicted molar refractivity (Wildman–Crippen MR) is 91.8 cm³/mol. The van der Waals surface area contributed by atoms with E-state index in [0.717, 1.165) is 35.8 Å². The number of para-hydroxylation sites is 1. The van der Waals surface area contributed by atoms with Gasteiger partial charge in [0.05, 0.1) is 18.8 Å². The Morgan fingerprint density at radius 1 is 1.22 bits per heavy atom. The number of hydrogen-bond donors (Lipinski definition) is 1. The van der Waals surface area contributed by atoms with Gasteiger partial charge >= 0.3 is 0 Å². The van der Waals surface area contributed by atoms with Crippen LogP contribution in [-0.2, 0) is 13.1 Å². The molecule has 0 aliphatic rings. The molecule has 1 N–H and O–H groups in total. The number of ether oxygens (including phenoxy) is 1. The van der Waals surface area contributed by atoms with Gasteiger partial charge in [0.2, 0.25) is 0 Å². The molecule has 0 bridgehead atoms. The number of aryl methyl sites for hydroxylation is 2. The van der Waals surface area contributed by atoms with Crippen LogP contribution in [0, 0.1) is 20.8 Å². The van der Waals surface area contributed by atoms with Crippen LogP contribution in [0.1, 0.15) is 22.5 Å². The quantitative estimate of drug-likeness (QED) is 0.812. The van der Waals surface area contributed by atoms with Crippen molar-refractivity contribution in [3.05, 3.63) is 46.8 Å². The Morgan fingerprint density at radius 2 is 1.96 bits per heavy atom. The first kappa shape index (κ1) is 17.5. The van der Waals surface area contributed by atoms with Crippen molar-refractivity contribution in [3.8, 4) is 5.75 Å². The van der Waals surface area contributed by atoms with Crippen molar-refractivity contribution in [2.24, 2.45) is 0 Å². The fraction of sp³-hybridized carbons (Fsp3) is 0.500. The van der Waals surface area contributed by atoms with E-state index in [1.165, 1.54) is 5.56 Å². The highest BCUT2D eigenvalue weighted by Crippen LogP contribution is 2.17. The van der Waals surface area contributed by atoms with Crippen molar-refractivity contribution in [3.63, 3.8) is 0 Å². The van der Waals surface area contributed by atoms with Crippen LogP contribution in [0.15, 0.2) is 24.3 Å². The first-order valence-electron chi connectivity index (χ1n) is 8.03. The Kier molecular flexibility index (Phi) is 6.19. The molecule has 0 fully saturated rings.